The number of hydrogen-bond donors (Lipinski definition) is 3. The SMILES string of the molecule is CCNC(=NCC(O)c1cc(OC)cc(OC)c1)NC1CCN(CC2CCCC2)C1. The quantitative estimate of drug-likeness (QED) is 0.423. The molecule has 0 bridgehead atoms. The zero-order valence-corrected chi connectivity index (χ0v) is 18.7. The third-order valence-electron chi connectivity index (χ3n) is 6.13. The van der Waals surface area contributed by atoms with Crippen molar-refractivity contribution in [2.45, 2.75) is 51.2 Å². The lowest BCUT2D eigenvalue weighted by atomic mass is 10.1. The van der Waals surface area contributed by atoms with Crippen molar-refractivity contribution in [3.63, 3.8) is 0 Å². The molecule has 2 fully saturated rings. The van der Waals surface area contributed by atoms with Gasteiger partial charge in [-0.2, -0.15) is 0 Å². The monoisotopic (exact) mass is 418 g/mol. The van der Waals surface area contributed by atoms with E-state index in [4.69, 9.17) is 9.47 Å². The molecule has 30 heavy (non-hydrogen) atoms. The Bertz CT molecular complexity index is 669. The highest BCUT2D eigenvalue weighted by atomic mass is 16.5. The summed E-state index contributed by atoms with van der Waals surface area (Å²) in [5.74, 6) is 2.97. The fourth-order valence-electron chi connectivity index (χ4n) is 4.49. The number of aliphatic imine (C=N–C) groups is 1. The minimum atomic E-state index is -0.730. The number of nitrogens with one attached hydrogen (secondary N) is 2. The van der Waals surface area contributed by atoms with Crippen LogP contribution in [0.1, 0.15) is 50.7 Å². The zero-order valence-electron chi connectivity index (χ0n) is 18.7. The van der Waals surface area contributed by atoms with Crippen LogP contribution in [0.2, 0.25) is 0 Å². The van der Waals surface area contributed by atoms with Crippen LogP contribution in [0.25, 0.3) is 0 Å². The van der Waals surface area contributed by atoms with Gasteiger partial charge < -0.3 is 30.1 Å². The number of rotatable bonds is 9. The van der Waals surface area contributed by atoms with Crippen molar-refractivity contribution in [3.05, 3.63) is 23.8 Å². The van der Waals surface area contributed by atoms with Crippen molar-refractivity contribution in [2.75, 3.05) is 46.9 Å². The summed E-state index contributed by atoms with van der Waals surface area (Å²) in [6.45, 7) is 6.57. The second-order valence-corrected chi connectivity index (χ2v) is 8.42. The number of likely N-dealkylation sites (tertiary alicyclic amines) is 1. The Morgan fingerprint density at radius 2 is 1.87 bits per heavy atom. The summed E-state index contributed by atoms with van der Waals surface area (Å²) < 4.78 is 10.6. The van der Waals surface area contributed by atoms with E-state index in [9.17, 15) is 5.11 Å². The molecular formula is C23H38N4O3. The van der Waals surface area contributed by atoms with E-state index >= 15 is 0 Å². The Labute approximate surface area is 180 Å². The van der Waals surface area contributed by atoms with Crippen LogP contribution in [0.5, 0.6) is 11.5 Å². The molecule has 1 aliphatic heterocycles. The van der Waals surface area contributed by atoms with Gasteiger partial charge in [0.05, 0.1) is 26.9 Å². The average molecular weight is 419 g/mol. The van der Waals surface area contributed by atoms with E-state index in [0.29, 0.717) is 17.5 Å². The summed E-state index contributed by atoms with van der Waals surface area (Å²) in [5, 5.41) is 17.5. The number of guanidine groups is 1. The molecule has 3 rings (SSSR count). The second-order valence-electron chi connectivity index (χ2n) is 8.42. The maximum atomic E-state index is 10.7. The van der Waals surface area contributed by atoms with Crippen LogP contribution in [-0.4, -0.2) is 69.0 Å². The maximum absolute atomic E-state index is 10.7. The molecule has 0 spiro atoms. The lowest BCUT2D eigenvalue weighted by Gasteiger charge is -2.21. The van der Waals surface area contributed by atoms with Crippen LogP contribution in [0.4, 0.5) is 0 Å². The zero-order chi connectivity index (χ0) is 21.3. The van der Waals surface area contributed by atoms with E-state index < -0.39 is 6.10 Å². The number of ether oxygens (including phenoxy) is 2. The highest BCUT2D eigenvalue weighted by Gasteiger charge is 2.26. The van der Waals surface area contributed by atoms with Gasteiger partial charge in [0.2, 0.25) is 0 Å². The number of benzene rings is 1. The van der Waals surface area contributed by atoms with Gasteiger partial charge in [-0.05, 0) is 49.8 Å². The first-order valence-corrected chi connectivity index (χ1v) is 11.3. The number of methoxy groups -OCH3 is 2. The van der Waals surface area contributed by atoms with Gasteiger partial charge in [0.15, 0.2) is 5.96 Å². The van der Waals surface area contributed by atoms with Crippen LogP contribution >= 0.6 is 0 Å². The Hall–Kier alpha value is -1.99. The Morgan fingerprint density at radius 1 is 1.17 bits per heavy atom. The van der Waals surface area contributed by atoms with E-state index in [0.717, 1.165) is 43.5 Å². The van der Waals surface area contributed by atoms with Crippen molar-refractivity contribution in [3.8, 4) is 11.5 Å². The molecule has 168 valence electrons. The molecule has 1 aromatic rings. The van der Waals surface area contributed by atoms with Gasteiger partial charge in [-0.25, -0.2) is 0 Å². The first-order chi connectivity index (χ1) is 14.6. The summed E-state index contributed by atoms with van der Waals surface area (Å²) in [6, 6.07) is 5.84. The van der Waals surface area contributed by atoms with Crippen LogP contribution in [-0.2, 0) is 0 Å². The predicted octanol–water partition coefficient (Wildman–Crippen LogP) is 2.56. The molecule has 0 radical (unpaired) electrons. The first-order valence-electron chi connectivity index (χ1n) is 11.3. The minimum absolute atomic E-state index is 0.268. The Balaban J connectivity index is 1.55. The van der Waals surface area contributed by atoms with Gasteiger partial charge >= 0.3 is 0 Å². The van der Waals surface area contributed by atoms with Crippen LogP contribution in [0, 0.1) is 5.92 Å². The summed E-state index contributed by atoms with van der Waals surface area (Å²) in [7, 11) is 3.21. The summed E-state index contributed by atoms with van der Waals surface area (Å²) >= 11 is 0. The fourth-order valence-corrected chi connectivity index (χ4v) is 4.49. The van der Waals surface area contributed by atoms with Crippen LogP contribution in [0.3, 0.4) is 0 Å². The lowest BCUT2D eigenvalue weighted by molar-refractivity contribution is 0.186. The average Bonchev–Trinajstić information content (AvgIpc) is 3.44. The van der Waals surface area contributed by atoms with Gasteiger partial charge in [-0.3, -0.25) is 4.99 Å². The highest BCUT2D eigenvalue weighted by molar-refractivity contribution is 5.80. The van der Waals surface area contributed by atoms with Crippen molar-refractivity contribution in [2.24, 2.45) is 10.9 Å². The van der Waals surface area contributed by atoms with Gasteiger partial charge in [-0.1, -0.05) is 12.8 Å². The molecule has 3 N–H and O–H groups in total. The third kappa shape index (κ3) is 6.51. The normalized spacial score (nSPS) is 21.6. The molecule has 2 aliphatic rings. The summed E-state index contributed by atoms with van der Waals surface area (Å²) in [5.41, 5.74) is 0.731. The van der Waals surface area contributed by atoms with E-state index in [1.807, 2.05) is 12.1 Å². The molecule has 7 heteroatoms. The predicted molar refractivity (Wildman–Crippen MR) is 120 cm³/mol. The topological polar surface area (TPSA) is 78.4 Å². The largest absolute Gasteiger partial charge is 0.497 e. The van der Waals surface area contributed by atoms with Gasteiger partial charge in [0.25, 0.3) is 0 Å². The molecule has 0 amide bonds. The molecule has 2 atom stereocenters. The van der Waals surface area contributed by atoms with Gasteiger partial charge in [0.1, 0.15) is 11.5 Å². The van der Waals surface area contributed by atoms with E-state index in [2.05, 4.69) is 27.4 Å². The third-order valence-corrected chi connectivity index (χ3v) is 6.13. The maximum Gasteiger partial charge on any atom is 0.191 e. The minimum Gasteiger partial charge on any atom is -0.497 e. The van der Waals surface area contributed by atoms with E-state index in [1.54, 1.807) is 20.3 Å². The second kappa shape index (κ2) is 11.4. The number of aliphatic hydroxyl groups is 1. The number of hydrogen-bond acceptors (Lipinski definition) is 5. The molecule has 7 nitrogen and oxygen atoms in total. The van der Waals surface area contributed by atoms with Crippen LogP contribution < -0.4 is 20.1 Å². The van der Waals surface area contributed by atoms with Crippen molar-refractivity contribution < 1.29 is 14.6 Å². The number of nitrogens with zero attached hydrogens (tertiary/aromatic N) is 2. The Morgan fingerprint density at radius 3 is 2.50 bits per heavy atom. The summed E-state index contributed by atoms with van der Waals surface area (Å²) in [4.78, 5) is 7.23. The molecule has 1 heterocycles. The molecular weight excluding hydrogens is 380 g/mol. The molecule has 1 saturated carbocycles. The standard InChI is InChI=1S/C23H38N4O3/c1-4-24-23(26-19-9-10-27(16-19)15-17-7-5-6-8-17)25-14-22(28)18-11-20(29-2)13-21(12-18)30-3/h11-13,17,19,22,28H,4-10,14-16H2,1-3H3,(H2,24,25,26). The first kappa shape index (κ1) is 22.7. The summed E-state index contributed by atoms with van der Waals surface area (Å²) in [6.07, 6.45) is 5.99. The highest BCUT2D eigenvalue weighted by Crippen LogP contribution is 2.27. The molecule has 1 aromatic carbocycles. The lowest BCUT2D eigenvalue weighted by Crippen LogP contribution is -2.45. The van der Waals surface area contributed by atoms with Gasteiger partial charge in [0, 0.05) is 38.3 Å². The van der Waals surface area contributed by atoms with Crippen LogP contribution in [0.15, 0.2) is 23.2 Å². The van der Waals surface area contributed by atoms with Crippen molar-refractivity contribution >= 4 is 5.96 Å². The van der Waals surface area contributed by atoms with Crippen molar-refractivity contribution in [1.29, 1.82) is 0 Å². The molecule has 1 saturated heterocycles. The molecule has 1 aliphatic carbocycles. The van der Waals surface area contributed by atoms with E-state index in [1.165, 1.54) is 32.2 Å². The van der Waals surface area contributed by atoms with Crippen molar-refractivity contribution in [1.82, 2.24) is 15.5 Å². The Kier molecular flexibility index (Phi) is 8.63. The van der Waals surface area contributed by atoms with Gasteiger partial charge in [-0.15, -0.1) is 0 Å². The molecule has 2 unspecified atom stereocenters. The molecule has 0 aromatic heterocycles. The fraction of sp³-hybridized carbons (Fsp3) is 0.696. The number of aliphatic hydroxyl groups excluding tert-OH is 1. The van der Waals surface area contributed by atoms with E-state index in [-0.39, 0.29) is 6.54 Å². The smallest absolute Gasteiger partial charge is 0.191 e.